The molecule has 0 atom stereocenters. The van der Waals surface area contributed by atoms with Crippen LogP contribution in [0, 0.1) is 0 Å². The Kier molecular flexibility index (Phi) is 6.63. The summed E-state index contributed by atoms with van der Waals surface area (Å²) in [6.07, 6.45) is 1.57. The highest BCUT2D eigenvalue weighted by molar-refractivity contribution is 7.89. The smallest absolute Gasteiger partial charge is 0.242 e. The van der Waals surface area contributed by atoms with Gasteiger partial charge in [-0.3, -0.25) is 0 Å². The average Bonchev–Trinajstić information content (AvgIpc) is 2.78. The summed E-state index contributed by atoms with van der Waals surface area (Å²) in [5.74, 6) is 0. The second kappa shape index (κ2) is 7.75. The molecule has 0 radical (unpaired) electrons. The van der Waals surface area contributed by atoms with Gasteiger partial charge in [0.1, 0.15) is 0 Å². The van der Waals surface area contributed by atoms with Crippen LogP contribution in [-0.2, 0) is 28.4 Å². The molecule has 0 amide bonds. The zero-order chi connectivity index (χ0) is 15.2. The number of hydrogen-bond acceptors (Lipinski definition) is 5. The zero-order valence-corrected chi connectivity index (χ0v) is 13.1. The third-order valence-corrected chi connectivity index (χ3v) is 4.49. The van der Waals surface area contributed by atoms with Crippen LogP contribution in [0.4, 0.5) is 0 Å². The van der Waals surface area contributed by atoms with E-state index in [0.717, 1.165) is 12.2 Å². The maximum atomic E-state index is 12.1. The number of hydrogen-bond donors (Lipinski definition) is 2. The van der Waals surface area contributed by atoms with E-state index in [4.69, 9.17) is 10.5 Å². The highest BCUT2D eigenvalue weighted by Gasteiger charge is 2.16. The minimum absolute atomic E-state index is 0.250. The molecule has 20 heavy (non-hydrogen) atoms. The van der Waals surface area contributed by atoms with Crippen molar-refractivity contribution in [3.05, 3.63) is 18.0 Å². The maximum Gasteiger partial charge on any atom is 0.242 e. The highest BCUT2D eigenvalue weighted by Crippen LogP contribution is 2.12. The van der Waals surface area contributed by atoms with Gasteiger partial charge >= 0.3 is 0 Å². The lowest BCUT2D eigenvalue weighted by Crippen LogP contribution is -2.34. The second-order valence-electron chi connectivity index (χ2n) is 4.68. The molecule has 1 aromatic heterocycles. The molecule has 1 aromatic rings. The molecule has 0 aliphatic rings. The van der Waals surface area contributed by atoms with Gasteiger partial charge in [-0.15, -0.1) is 0 Å². The van der Waals surface area contributed by atoms with Gasteiger partial charge in [0.05, 0.1) is 11.5 Å². The first-order chi connectivity index (χ1) is 9.40. The molecule has 0 saturated carbocycles. The fraction of sp³-hybridized carbons (Fsp3) is 0.667. The molecule has 0 spiro atoms. The van der Waals surface area contributed by atoms with Gasteiger partial charge in [0, 0.05) is 52.2 Å². The number of methoxy groups -OCH3 is 1. The van der Waals surface area contributed by atoms with E-state index in [1.54, 1.807) is 31.0 Å². The van der Waals surface area contributed by atoms with Crippen molar-refractivity contribution in [2.75, 3.05) is 40.4 Å². The first-order valence-electron chi connectivity index (χ1n) is 6.43. The minimum atomic E-state index is -3.47. The summed E-state index contributed by atoms with van der Waals surface area (Å²) < 4.78 is 33.5. The van der Waals surface area contributed by atoms with Crippen molar-refractivity contribution in [1.29, 1.82) is 0 Å². The summed E-state index contributed by atoms with van der Waals surface area (Å²) in [6, 6.07) is 1.59. The van der Waals surface area contributed by atoms with Crippen LogP contribution in [0.2, 0.25) is 0 Å². The van der Waals surface area contributed by atoms with Crippen molar-refractivity contribution in [1.82, 2.24) is 14.2 Å². The summed E-state index contributed by atoms with van der Waals surface area (Å²) in [7, 11) is 1.86. The van der Waals surface area contributed by atoms with E-state index < -0.39 is 10.0 Å². The first kappa shape index (κ1) is 17.1. The Balaban J connectivity index is 2.53. The highest BCUT2D eigenvalue weighted by atomic mass is 32.2. The van der Waals surface area contributed by atoms with Crippen molar-refractivity contribution in [2.45, 2.75) is 11.4 Å². The molecule has 0 bridgehead atoms. The number of nitrogens with zero attached hydrogens (tertiary/aromatic N) is 2. The monoisotopic (exact) mass is 304 g/mol. The Morgan fingerprint density at radius 2 is 2.15 bits per heavy atom. The molecule has 1 rings (SSSR count). The van der Waals surface area contributed by atoms with Gasteiger partial charge in [0.25, 0.3) is 0 Å². The van der Waals surface area contributed by atoms with Crippen LogP contribution in [-0.4, -0.2) is 58.3 Å². The lowest BCUT2D eigenvalue weighted by Gasteiger charge is -2.15. The Bertz CT molecular complexity index is 513. The van der Waals surface area contributed by atoms with Crippen LogP contribution in [0.5, 0.6) is 0 Å². The number of ether oxygens (including phenoxy) is 1. The van der Waals surface area contributed by atoms with E-state index >= 15 is 0 Å². The van der Waals surface area contributed by atoms with Crippen LogP contribution in [0.1, 0.15) is 5.69 Å². The molecule has 7 nitrogen and oxygen atoms in total. The van der Waals surface area contributed by atoms with Gasteiger partial charge in [0.15, 0.2) is 0 Å². The molecule has 0 aliphatic heterocycles. The van der Waals surface area contributed by atoms with E-state index in [1.165, 1.54) is 0 Å². The number of sulfonamides is 1. The van der Waals surface area contributed by atoms with E-state index in [1.807, 2.05) is 11.9 Å². The largest absolute Gasteiger partial charge is 0.383 e. The second-order valence-corrected chi connectivity index (χ2v) is 6.44. The topological polar surface area (TPSA) is 89.6 Å². The Morgan fingerprint density at radius 3 is 2.70 bits per heavy atom. The van der Waals surface area contributed by atoms with Crippen LogP contribution < -0.4 is 10.5 Å². The Morgan fingerprint density at radius 1 is 1.45 bits per heavy atom. The fourth-order valence-electron chi connectivity index (χ4n) is 1.74. The lowest BCUT2D eigenvalue weighted by atomic mass is 10.4. The summed E-state index contributed by atoms with van der Waals surface area (Å²) in [4.78, 5) is 2.25. The molecule has 116 valence electrons. The number of likely N-dealkylation sites (N-methyl/N-ethyl adjacent to an activating group) is 1. The van der Waals surface area contributed by atoms with E-state index in [0.29, 0.717) is 26.2 Å². The predicted octanol–water partition coefficient (Wildman–Crippen LogP) is -0.660. The molecule has 1 heterocycles. The normalized spacial score (nSPS) is 12.2. The molecule has 3 N–H and O–H groups in total. The number of aromatic nitrogens is 1. The fourth-order valence-corrected chi connectivity index (χ4v) is 2.85. The number of nitrogens with two attached hydrogens (primary N) is 1. The molecule has 0 saturated heterocycles. The summed E-state index contributed by atoms with van der Waals surface area (Å²) in [6.45, 7) is 2.68. The first-order valence-corrected chi connectivity index (χ1v) is 7.91. The van der Waals surface area contributed by atoms with Gasteiger partial charge in [-0.25, -0.2) is 13.1 Å². The van der Waals surface area contributed by atoms with Crippen molar-refractivity contribution in [2.24, 2.45) is 12.8 Å². The number of rotatable bonds is 9. The van der Waals surface area contributed by atoms with Crippen LogP contribution >= 0.6 is 0 Å². The third kappa shape index (κ3) is 4.88. The Hall–Kier alpha value is -0.930. The minimum Gasteiger partial charge on any atom is -0.383 e. The quantitative estimate of drug-likeness (QED) is 0.632. The van der Waals surface area contributed by atoms with Gasteiger partial charge in [0.2, 0.25) is 10.0 Å². The number of nitrogens with one attached hydrogen (secondary N) is 1. The van der Waals surface area contributed by atoms with Gasteiger partial charge in [-0.05, 0) is 13.1 Å². The Labute approximate surface area is 120 Å². The molecule has 0 aromatic carbocycles. The molecule has 0 aliphatic carbocycles. The molecular weight excluding hydrogens is 280 g/mol. The molecule has 8 heteroatoms. The van der Waals surface area contributed by atoms with Gasteiger partial charge < -0.3 is 19.9 Å². The van der Waals surface area contributed by atoms with Crippen LogP contribution in [0.3, 0.4) is 0 Å². The van der Waals surface area contributed by atoms with Crippen molar-refractivity contribution in [3.8, 4) is 0 Å². The molecule has 0 fully saturated rings. The van der Waals surface area contributed by atoms with E-state index in [2.05, 4.69) is 4.72 Å². The van der Waals surface area contributed by atoms with E-state index in [-0.39, 0.29) is 4.90 Å². The average molecular weight is 304 g/mol. The summed E-state index contributed by atoms with van der Waals surface area (Å²) >= 11 is 0. The van der Waals surface area contributed by atoms with Crippen LogP contribution in [0.25, 0.3) is 0 Å². The maximum absolute atomic E-state index is 12.1. The van der Waals surface area contributed by atoms with E-state index in [9.17, 15) is 8.42 Å². The zero-order valence-electron chi connectivity index (χ0n) is 12.3. The standard InChI is InChI=1S/C12H24N4O3S/c1-15(6-7-19-3)5-4-14-20(17,18)12-8-11(9-13)16(2)10-12/h8,10,14H,4-7,9,13H2,1-3H3. The van der Waals surface area contributed by atoms with Gasteiger partial charge in [-0.1, -0.05) is 0 Å². The summed E-state index contributed by atoms with van der Waals surface area (Å²) in [5.41, 5.74) is 6.32. The predicted molar refractivity (Wildman–Crippen MR) is 77.9 cm³/mol. The van der Waals surface area contributed by atoms with Crippen molar-refractivity contribution in [3.63, 3.8) is 0 Å². The van der Waals surface area contributed by atoms with Crippen molar-refractivity contribution < 1.29 is 13.2 Å². The van der Waals surface area contributed by atoms with Gasteiger partial charge in [-0.2, -0.15) is 0 Å². The number of aryl methyl sites for hydroxylation is 1. The molecule has 0 unspecified atom stereocenters. The lowest BCUT2D eigenvalue weighted by molar-refractivity contribution is 0.162. The molecular formula is C12H24N4O3S. The van der Waals surface area contributed by atoms with Crippen molar-refractivity contribution >= 4 is 10.0 Å². The SMILES string of the molecule is COCCN(C)CCNS(=O)(=O)c1cc(CN)n(C)c1. The summed E-state index contributed by atoms with van der Waals surface area (Å²) in [5, 5.41) is 0. The third-order valence-electron chi connectivity index (χ3n) is 3.06. The van der Waals surface area contributed by atoms with Crippen LogP contribution in [0.15, 0.2) is 17.2 Å².